The second kappa shape index (κ2) is 7.59. The van der Waals surface area contributed by atoms with E-state index in [0.717, 1.165) is 19.6 Å². The van der Waals surface area contributed by atoms with Crippen molar-refractivity contribution >= 4 is 5.91 Å². The fraction of sp³-hybridized carbons (Fsp3) is 0.381. The number of nitrogens with zero attached hydrogens (tertiary/aromatic N) is 4. The number of fused-ring (bicyclic) bond motifs is 1. The Kier molecular flexibility index (Phi) is 5.00. The molecule has 3 aliphatic rings. The number of carbonyl (C=O) groups is 1. The number of pyridine rings is 1. The van der Waals surface area contributed by atoms with Crippen LogP contribution in [0.5, 0.6) is 0 Å². The predicted octanol–water partition coefficient (Wildman–Crippen LogP) is 2.22. The largest absolute Gasteiger partial charge is 0.350 e. The van der Waals surface area contributed by atoms with Crippen molar-refractivity contribution in [2.24, 2.45) is 0 Å². The lowest BCUT2D eigenvalue weighted by Crippen LogP contribution is -2.48. The highest BCUT2D eigenvalue weighted by atomic mass is 16.2. The summed E-state index contributed by atoms with van der Waals surface area (Å²) in [7, 11) is 0. The van der Waals surface area contributed by atoms with Crippen molar-refractivity contribution in [2.45, 2.75) is 26.4 Å². The Labute approximate surface area is 163 Å². The number of H-pyrrole nitrogens is 1. The number of aromatic nitrogens is 3. The molecule has 28 heavy (non-hydrogen) atoms. The van der Waals surface area contributed by atoms with Crippen LogP contribution in [0.4, 0.5) is 0 Å². The van der Waals surface area contributed by atoms with E-state index in [1.807, 2.05) is 47.7 Å². The molecule has 7 nitrogen and oxygen atoms in total. The molecule has 146 valence electrons. The van der Waals surface area contributed by atoms with E-state index in [-0.39, 0.29) is 17.5 Å². The van der Waals surface area contributed by atoms with Crippen molar-refractivity contribution in [3.63, 3.8) is 0 Å². The minimum absolute atomic E-state index is 0.0640. The minimum Gasteiger partial charge on any atom is -0.350 e. The Bertz CT molecular complexity index is 984. The maximum atomic E-state index is 13.2. The Balaban J connectivity index is 1.50. The second-order valence-corrected chi connectivity index (χ2v) is 7.58. The van der Waals surface area contributed by atoms with Crippen LogP contribution in [0.15, 0.2) is 47.5 Å². The Morgan fingerprint density at radius 3 is 2.50 bits per heavy atom. The maximum Gasteiger partial charge on any atom is 0.275 e. The summed E-state index contributed by atoms with van der Waals surface area (Å²) in [6.45, 7) is 7.92. The van der Waals surface area contributed by atoms with E-state index in [9.17, 15) is 9.59 Å². The van der Waals surface area contributed by atoms with Gasteiger partial charge in [0.25, 0.3) is 11.5 Å². The molecule has 0 atom stereocenters. The van der Waals surface area contributed by atoms with Crippen molar-refractivity contribution in [1.29, 1.82) is 0 Å². The molecule has 0 bridgehead atoms. The number of carbonyl (C=O) groups excluding carboxylic acids is 1. The highest BCUT2D eigenvalue weighted by Gasteiger charge is 2.27. The number of benzene rings is 1. The van der Waals surface area contributed by atoms with Gasteiger partial charge in [-0.15, -0.1) is 0 Å². The monoisotopic (exact) mass is 379 g/mol. The molecule has 4 rings (SSSR count). The van der Waals surface area contributed by atoms with E-state index in [1.54, 1.807) is 6.20 Å². The molecule has 1 saturated heterocycles. The van der Waals surface area contributed by atoms with Gasteiger partial charge < -0.3 is 9.47 Å². The molecule has 1 N–H and O–H groups in total. The van der Waals surface area contributed by atoms with Gasteiger partial charge in [0.1, 0.15) is 5.69 Å². The lowest BCUT2D eigenvalue weighted by molar-refractivity contribution is 0.0628. The van der Waals surface area contributed by atoms with Gasteiger partial charge in [-0.3, -0.25) is 14.5 Å². The summed E-state index contributed by atoms with van der Waals surface area (Å²) in [5.41, 5.74) is 2.43. The van der Waals surface area contributed by atoms with Gasteiger partial charge in [-0.05, 0) is 19.4 Å². The number of nitrogens with one attached hydrogen (secondary N) is 1. The minimum atomic E-state index is -0.258. The lowest BCUT2D eigenvalue weighted by atomic mass is 10.1. The first-order valence-corrected chi connectivity index (χ1v) is 9.68. The molecule has 1 aromatic carbocycles. The maximum absolute atomic E-state index is 13.2. The van der Waals surface area contributed by atoms with E-state index in [4.69, 9.17) is 0 Å². The zero-order chi connectivity index (χ0) is 19.7. The SMILES string of the molecule is CC(C)n1cc(C(=O)N2CCN(Cc3ccccc3)CC2)c2n[nH]c(=O)c-2c1. The highest BCUT2D eigenvalue weighted by molar-refractivity contribution is 5.99. The van der Waals surface area contributed by atoms with Gasteiger partial charge >= 0.3 is 0 Å². The van der Waals surface area contributed by atoms with Crippen LogP contribution in [0.1, 0.15) is 35.8 Å². The standard InChI is InChI=1S/C21H25N5O2/c1-15(2)26-13-17-19(22-23-20(17)27)18(14-26)21(28)25-10-8-24(9-11-25)12-16-6-4-3-5-7-16/h3-7,13-15H,8-12H2,1-2H3,(H,23,27). The fourth-order valence-corrected chi connectivity index (χ4v) is 3.63. The van der Waals surface area contributed by atoms with Gasteiger partial charge in [0, 0.05) is 51.2 Å². The van der Waals surface area contributed by atoms with Crippen LogP contribution in [-0.4, -0.2) is 56.7 Å². The van der Waals surface area contributed by atoms with Gasteiger partial charge in [0.15, 0.2) is 0 Å². The summed E-state index contributed by atoms with van der Waals surface area (Å²) in [4.78, 5) is 29.5. The molecular weight excluding hydrogens is 354 g/mol. The number of piperazine rings is 1. The zero-order valence-corrected chi connectivity index (χ0v) is 16.3. The van der Waals surface area contributed by atoms with E-state index in [2.05, 4.69) is 27.2 Å². The molecule has 0 spiro atoms. The molecule has 1 amide bonds. The third kappa shape index (κ3) is 3.57. The number of aromatic amines is 1. The summed E-state index contributed by atoms with van der Waals surface area (Å²) in [5.74, 6) is -0.0640. The molecule has 1 fully saturated rings. The number of hydrogen-bond acceptors (Lipinski definition) is 4. The van der Waals surface area contributed by atoms with Gasteiger partial charge in [0.05, 0.1) is 11.1 Å². The van der Waals surface area contributed by atoms with E-state index >= 15 is 0 Å². The van der Waals surface area contributed by atoms with Crippen molar-refractivity contribution < 1.29 is 4.79 Å². The van der Waals surface area contributed by atoms with E-state index in [1.165, 1.54) is 5.56 Å². The second-order valence-electron chi connectivity index (χ2n) is 7.58. The Hall–Kier alpha value is -2.93. The quantitative estimate of drug-likeness (QED) is 0.754. The van der Waals surface area contributed by atoms with E-state index in [0.29, 0.717) is 29.9 Å². The van der Waals surface area contributed by atoms with E-state index < -0.39 is 0 Å². The van der Waals surface area contributed by atoms with Crippen LogP contribution < -0.4 is 5.56 Å². The molecule has 1 aromatic rings. The van der Waals surface area contributed by atoms with Crippen molar-refractivity contribution in [3.05, 3.63) is 64.2 Å². The number of hydrogen-bond donors (Lipinski definition) is 1. The predicted molar refractivity (Wildman–Crippen MR) is 107 cm³/mol. The molecule has 0 aliphatic carbocycles. The van der Waals surface area contributed by atoms with Gasteiger partial charge in [-0.2, -0.15) is 5.10 Å². The third-order valence-corrected chi connectivity index (χ3v) is 5.32. The van der Waals surface area contributed by atoms with Gasteiger partial charge in [-0.25, -0.2) is 5.10 Å². The van der Waals surface area contributed by atoms with Gasteiger partial charge in [-0.1, -0.05) is 30.3 Å². The normalized spacial score (nSPS) is 15.5. The van der Waals surface area contributed by atoms with Crippen LogP contribution in [0, 0.1) is 0 Å². The van der Waals surface area contributed by atoms with Crippen LogP contribution >= 0.6 is 0 Å². The topological polar surface area (TPSA) is 74.2 Å². The summed E-state index contributed by atoms with van der Waals surface area (Å²) >= 11 is 0. The van der Waals surface area contributed by atoms with Crippen LogP contribution in [0.3, 0.4) is 0 Å². The summed E-state index contributed by atoms with van der Waals surface area (Å²) in [5, 5.41) is 6.57. The Morgan fingerprint density at radius 1 is 1.11 bits per heavy atom. The molecule has 7 heteroatoms. The first kappa shape index (κ1) is 18.4. The molecule has 0 radical (unpaired) electrons. The van der Waals surface area contributed by atoms with Crippen LogP contribution in [-0.2, 0) is 6.54 Å². The Morgan fingerprint density at radius 2 is 1.82 bits per heavy atom. The summed E-state index contributed by atoms with van der Waals surface area (Å²) in [6.07, 6.45) is 3.58. The zero-order valence-electron chi connectivity index (χ0n) is 16.3. The van der Waals surface area contributed by atoms with Gasteiger partial charge in [0.2, 0.25) is 0 Å². The van der Waals surface area contributed by atoms with Crippen molar-refractivity contribution in [2.75, 3.05) is 26.2 Å². The fourth-order valence-electron chi connectivity index (χ4n) is 3.63. The summed E-state index contributed by atoms with van der Waals surface area (Å²) in [6, 6.07) is 10.5. The number of rotatable bonds is 4. The molecule has 3 heterocycles. The average Bonchev–Trinajstić information content (AvgIpc) is 3.09. The molecule has 0 unspecified atom stereocenters. The number of amides is 1. The first-order chi connectivity index (χ1) is 13.5. The smallest absolute Gasteiger partial charge is 0.275 e. The molecule has 0 aromatic heterocycles. The molecule has 0 saturated carbocycles. The third-order valence-electron chi connectivity index (χ3n) is 5.32. The van der Waals surface area contributed by atoms with Crippen molar-refractivity contribution in [3.8, 4) is 11.3 Å². The van der Waals surface area contributed by atoms with Crippen LogP contribution in [0.2, 0.25) is 0 Å². The van der Waals surface area contributed by atoms with Crippen molar-refractivity contribution in [1.82, 2.24) is 24.6 Å². The first-order valence-electron chi connectivity index (χ1n) is 9.68. The average molecular weight is 379 g/mol. The molecular formula is C21H25N5O2. The summed E-state index contributed by atoms with van der Waals surface area (Å²) < 4.78 is 1.90. The lowest BCUT2D eigenvalue weighted by Gasteiger charge is -2.35. The highest BCUT2D eigenvalue weighted by Crippen LogP contribution is 2.24. The molecule has 3 aliphatic heterocycles. The van der Waals surface area contributed by atoms with Crippen LogP contribution in [0.25, 0.3) is 11.3 Å².